The molecular weight excluding hydrogens is 390 g/mol. The molecule has 0 radical (unpaired) electrons. The van der Waals surface area contributed by atoms with Crippen LogP contribution in [0.4, 0.5) is 4.39 Å². The fourth-order valence-electron chi connectivity index (χ4n) is 3.14. The third kappa shape index (κ3) is 6.25. The first-order chi connectivity index (χ1) is 12.3. The number of piperazine rings is 1. The van der Waals surface area contributed by atoms with Gasteiger partial charge in [-0.2, -0.15) is 0 Å². The number of benzene rings is 2. The second-order valence-corrected chi connectivity index (χ2v) is 6.14. The largest absolute Gasteiger partial charge is 0.493 e. The third-order valence-electron chi connectivity index (χ3n) is 4.55. The van der Waals surface area contributed by atoms with Crippen LogP contribution in [-0.2, 0) is 6.61 Å². The van der Waals surface area contributed by atoms with Gasteiger partial charge < -0.3 is 14.8 Å². The SMILES string of the molecule is COc1ccc([C@H](CF)N2CCNCC2)cc1OCc1ccccc1.Cl.Cl. The molecule has 1 aliphatic rings. The molecule has 1 heterocycles. The molecule has 0 spiro atoms. The zero-order valence-electron chi connectivity index (χ0n) is 15.4. The molecular formula is C20H27Cl2FN2O2. The highest BCUT2D eigenvalue weighted by Crippen LogP contribution is 2.33. The topological polar surface area (TPSA) is 33.7 Å². The van der Waals surface area contributed by atoms with Gasteiger partial charge in [0.15, 0.2) is 11.5 Å². The molecule has 1 N–H and O–H groups in total. The van der Waals surface area contributed by atoms with Crippen molar-refractivity contribution in [3.05, 3.63) is 59.7 Å². The highest BCUT2D eigenvalue weighted by atomic mass is 35.5. The van der Waals surface area contributed by atoms with E-state index in [4.69, 9.17) is 9.47 Å². The molecule has 7 heteroatoms. The van der Waals surface area contributed by atoms with Crippen LogP contribution in [0.5, 0.6) is 11.5 Å². The van der Waals surface area contributed by atoms with Crippen molar-refractivity contribution in [3.63, 3.8) is 0 Å². The summed E-state index contributed by atoms with van der Waals surface area (Å²) in [6, 6.07) is 15.4. The predicted octanol–water partition coefficient (Wildman–Crippen LogP) is 4.03. The molecule has 1 atom stereocenters. The lowest BCUT2D eigenvalue weighted by Gasteiger charge is -2.33. The minimum Gasteiger partial charge on any atom is -0.493 e. The second-order valence-electron chi connectivity index (χ2n) is 6.14. The molecule has 27 heavy (non-hydrogen) atoms. The van der Waals surface area contributed by atoms with Gasteiger partial charge in [0, 0.05) is 26.2 Å². The molecule has 3 rings (SSSR count). The van der Waals surface area contributed by atoms with Crippen molar-refractivity contribution in [2.75, 3.05) is 40.0 Å². The predicted molar refractivity (Wildman–Crippen MR) is 111 cm³/mol. The van der Waals surface area contributed by atoms with Gasteiger partial charge in [0.2, 0.25) is 0 Å². The van der Waals surface area contributed by atoms with E-state index in [1.165, 1.54) is 0 Å². The second kappa shape index (κ2) is 12.0. The van der Waals surface area contributed by atoms with Crippen LogP contribution in [0.15, 0.2) is 48.5 Å². The molecule has 4 nitrogen and oxygen atoms in total. The maximum absolute atomic E-state index is 13.8. The first-order valence-corrected chi connectivity index (χ1v) is 8.67. The lowest BCUT2D eigenvalue weighted by molar-refractivity contribution is 0.147. The number of nitrogens with one attached hydrogen (secondary N) is 1. The molecule has 150 valence electrons. The monoisotopic (exact) mass is 416 g/mol. The van der Waals surface area contributed by atoms with Crippen molar-refractivity contribution < 1.29 is 13.9 Å². The minimum atomic E-state index is -0.412. The normalized spacial score (nSPS) is 15.2. The standard InChI is InChI=1S/C20H25FN2O2.2ClH/c1-24-19-8-7-17(18(14-21)23-11-9-22-10-12-23)13-20(19)25-15-16-5-3-2-4-6-16;;/h2-8,13,18,22H,9-12,14-15H2,1H3;2*1H/t18-;;/m0../s1. The van der Waals surface area contributed by atoms with Crippen molar-refractivity contribution in [2.45, 2.75) is 12.6 Å². The highest BCUT2D eigenvalue weighted by molar-refractivity contribution is 5.85. The average molecular weight is 417 g/mol. The van der Waals surface area contributed by atoms with E-state index in [1.54, 1.807) is 7.11 Å². The molecule has 0 aliphatic carbocycles. The summed E-state index contributed by atoms with van der Waals surface area (Å²) in [7, 11) is 1.62. The Morgan fingerprint density at radius 1 is 1.04 bits per heavy atom. The number of alkyl halides is 1. The van der Waals surface area contributed by atoms with Gasteiger partial charge in [-0.1, -0.05) is 36.4 Å². The molecule has 1 saturated heterocycles. The van der Waals surface area contributed by atoms with Crippen molar-refractivity contribution in [1.29, 1.82) is 0 Å². The Bertz CT molecular complexity index is 670. The summed E-state index contributed by atoms with van der Waals surface area (Å²) in [6.45, 7) is 3.52. The Morgan fingerprint density at radius 3 is 2.37 bits per heavy atom. The number of halogens is 3. The van der Waals surface area contributed by atoms with Gasteiger partial charge in [-0.25, -0.2) is 4.39 Å². The molecule has 0 aromatic heterocycles. The van der Waals surface area contributed by atoms with Gasteiger partial charge in [-0.3, -0.25) is 4.90 Å². The lowest BCUT2D eigenvalue weighted by atomic mass is 10.0. The highest BCUT2D eigenvalue weighted by Gasteiger charge is 2.23. The summed E-state index contributed by atoms with van der Waals surface area (Å²) in [5, 5.41) is 3.30. The summed E-state index contributed by atoms with van der Waals surface area (Å²) in [4.78, 5) is 2.18. The van der Waals surface area contributed by atoms with Crippen LogP contribution in [-0.4, -0.2) is 44.9 Å². The Morgan fingerprint density at radius 2 is 1.74 bits per heavy atom. The first-order valence-electron chi connectivity index (χ1n) is 8.67. The van der Waals surface area contributed by atoms with Crippen LogP contribution in [0.25, 0.3) is 0 Å². The van der Waals surface area contributed by atoms with E-state index in [9.17, 15) is 4.39 Å². The number of rotatable bonds is 7. The van der Waals surface area contributed by atoms with E-state index < -0.39 is 6.67 Å². The summed E-state index contributed by atoms with van der Waals surface area (Å²) in [6.07, 6.45) is 0. The maximum atomic E-state index is 13.8. The summed E-state index contributed by atoms with van der Waals surface area (Å²) in [5.74, 6) is 1.31. The van der Waals surface area contributed by atoms with Crippen molar-refractivity contribution in [2.24, 2.45) is 0 Å². The quantitative estimate of drug-likeness (QED) is 0.738. The van der Waals surface area contributed by atoms with Crippen molar-refractivity contribution in [3.8, 4) is 11.5 Å². The summed E-state index contributed by atoms with van der Waals surface area (Å²) in [5.41, 5.74) is 2.01. The zero-order valence-corrected chi connectivity index (χ0v) is 17.0. The van der Waals surface area contributed by atoms with Gasteiger partial charge in [0.1, 0.15) is 13.3 Å². The Labute approximate surface area is 172 Å². The number of hydrogen-bond donors (Lipinski definition) is 1. The molecule has 0 saturated carbocycles. The van der Waals surface area contributed by atoms with Crippen molar-refractivity contribution in [1.82, 2.24) is 10.2 Å². The van der Waals surface area contributed by atoms with E-state index >= 15 is 0 Å². The summed E-state index contributed by atoms with van der Waals surface area (Å²) >= 11 is 0. The molecule has 1 aliphatic heterocycles. The van der Waals surface area contributed by atoms with Crippen molar-refractivity contribution >= 4 is 24.8 Å². The molecule has 0 bridgehead atoms. The van der Waals surface area contributed by atoms with Crippen LogP contribution in [0.2, 0.25) is 0 Å². The zero-order chi connectivity index (χ0) is 17.5. The first kappa shape index (κ1) is 23.5. The van der Waals surface area contributed by atoms with Crippen LogP contribution in [0.1, 0.15) is 17.2 Å². The molecule has 0 amide bonds. The summed E-state index contributed by atoms with van der Waals surface area (Å²) < 4.78 is 25.1. The number of methoxy groups -OCH3 is 1. The molecule has 2 aromatic rings. The smallest absolute Gasteiger partial charge is 0.161 e. The fraction of sp³-hybridized carbons (Fsp3) is 0.400. The minimum absolute atomic E-state index is 0. The van der Waals surface area contributed by atoms with Gasteiger partial charge in [-0.15, -0.1) is 24.8 Å². The van der Waals surface area contributed by atoms with Crippen LogP contribution in [0, 0.1) is 0 Å². The third-order valence-corrected chi connectivity index (χ3v) is 4.55. The van der Waals surface area contributed by atoms with Crippen LogP contribution < -0.4 is 14.8 Å². The molecule has 0 unspecified atom stereocenters. The van der Waals surface area contributed by atoms with E-state index in [-0.39, 0.29) is 30.9 Å². The molecule has 2 aromatic carbocycles. The number of hydrogen-bond acceptors (Lipinski definition) is 4. The van der Waals surface area contributed by atoms with Gasteiger partial charge >= 0.3 is 0 Å². The van der Waals surface area contributed by atoms with E-state index in [1.807, 2.05) is 48.5 Å². The van der Waals surface area contributed by atoms with E-state index in [2.05, 4.69) is 10.2 Å². The van der Waals surface area contributed by atoms with Gasteiger partial charge in [-0.05, 0) is 23.3 Å². The molecule has 1 fully saturated rings. The Balaban J connectivity index is 0.00000182. The average Bonchev–Trinajstić information content (AvgIpc) is 2.69. The van der Waals surface area contributed by atoms with Crippen LogP contribution in [0.3, 0.4) is 0 Å². The van der Waals surface area contributed by atoms with E-state index in [0.717, 1.165) is 37.3 Å². The maximum Gasteiger partial charge on any atom is 0.161 e. The lowest BCUT2D eigenvalue weighted by Crippen LogP contribution is -2.45. The van der Waals surface area contributed by atoms with Gasteiger partial charge in [0.25, 0.3) is 0 Å². The van der Waals surface area contributed by atoms with Gasteiger partial charge in [0.05, 0.1) is 13.2 Å². The van der Waals surface area contributed by atoms with Crippen LogP contribution >= 0.6 is 24.8 Å². The Kier molecular flexibility index (Phi) is 10.5. The fourth-order valence-corrected chi connectivity index (χ4v) is 3.14. The Hall–Kier alpha value is -1.53. The van der Waals surface area contributed by atoms with E-state index in [0.29, 0.717) is 18.1 Å². The number of ether oxygens (including phenoxy) is 2. The number of nitrogens with zero attached hydrogens (tertiary/aromatic N) is 1.